The molecule has 1 N–H and O–H groups in total. The molecule has 140 valence electrons. The number of benzene rings is 2. The lowest BCUT2D eigenvalue weighted by Gasteiger charge is -2.14. The summed E-state index contributed by atoms with van der Waals surface area (Å²) in [6.45, 7) is 1.69. The van der Waals surface area contributed by atoms with Crippen LogP contribution in [0.15, 0.2) is 60.9 Å². The van der Waals surface area contributed by atoms with Gasteiger partial charge in [-0.1, -0.05) is 42.5 Å². The molecule has 0 aliphatic rings. The quantitative estimate of drug-likeness (QED) is 0.623. The van der Waals surface area contributed by atoms with Gasteiger partial charge in [0.1, 0.15) is 6.54 Å². The standard InChI is InChI=1S/C21H23N3O3/c1-16(11-12-17-7-3-2-4-8-17)23-20(25)14-27-21(26)13-24-15-22-18-9-5-6-10-19(18)24/h2-10,15-16H,11-14H2,1H3,(H,23,25). The van der Waals surface area contributed by atoms with Crippen molar-refractivity contribution >= 4 is 22.9 Å². The molecule has 0 fully saturated rings. The van der Waals surface area contributed by atoms with Crippen LogP contribution in [0.3, 0.4) is 0 Å². The van der Waals surface area contributed by atoms with Gasteiger partial charge in [-0.3, -0.25) is 9.59 Å². The number of carbonyl (C=O) groups is 2. The zero-order valence-corrected chi connectivity index (χ0v) is 15.3. The second-order valence-electron chi connectivity index (χ2n) is 6.51. The molecule has 0 saturated carbocycles. The van der Waals surface area contributed by atoms with E-state index < -0.39 is 5.97 Å². The first-order valence-electron chi connectivity index (χ1n) is 9.00. The predicted molar refractivity (Wildman–Crippen MR) is 103 cm³/mol. The minimum atomic E-state index is -0.467. The predicted octanol–water partition coefficient (Wildman–Crippen LogP) is 2.72. The maximum absolute atomic E-state index is 12.0. The summed E-state index contributed by atoms with van der Waals surface area (Å²) in [5.41, 5.74) is 2.90. The van der Waals surface area contributed by atoms with Crippen LogP contribution in [0, 0.1) is 0 Å². The lowest BCUT2D eigenvalue weighted by molar-refractivity contribution is -0.149. The van der Waals surface area contributed by atoms with Crippen LogP contribution in [0.25, 0.3) is 11.0 Å². The third kappa shape index (κ3) is 5.41. The van der Waals surface area contributed by atoms with Crippen LogP contribution in [0.4, 0.5) is 0 Å². The van der Waals surface area contributed by atoms with E-state index in [0.29, 0.717) is 0 Å². The number of aryl methyl sites for hydroxylation is 1. The van der Waals surface area contributed by atoms with Crippen molar-refractivity contribution in [1.29, 1.82) is 0 Å². The Labute approximate surface area is 158 Å². The summed E-state index contributed by atoms with van der Waals surface area (Å²) in [5.74, 6) is -0.760. The molecule has 0 radical (unpaired) electrons. The van der Waals surface area contributed by atoms with E-state index in [9.17, 15) is 9.59 Å². The summed E-state index contributed by atoms with van der Waals surface area (Å²) >= 11 is 0. The van der Waals surface area contributed by atoms with Crippen LogP contribution in [-0.2, 0) is 27.3 Å². The third-order valence-electron chi connectivity index (χ3n) is 4.31. The number of imidazole rings is 1. The number of amides is 1. The van der Waals surface area contributed by atoms with E-state index in [1.165, 1.54) is 5.56 Å². The Bertz CT molecular complexity index is 905. The number of hydrogen-bond acceptors (Lipinski definition) is 4. The molecule has 3 rings (SSSR count). The normalized spacial score (nSPS) is 11.9. The van der Waals surface area contributed by atoms with Crippen molar-refractivity contribution in [3.05, 3.63) is 66.5 Å². The number of para-hydroxylation sites is 2. The van der Waals surface area contributed by atoms with Gasteiger partial charge >= 0.3 is 5.97 Å². The Hall–Kier alpha value is -3.15. The van der Waals surface area contributed by atoms with Gasteiger partial charge in [-0.25, -0.2) is 4.98 Å². The van der Waals surface area contributed by atoms with Gasteiger partial charge in [-0.15, -0.1) is 0 Å². The molecule has 0 spiro atoms. The molecule has 0 aliphatic heterocycles. The maximum atomic E-state index is 12.0. The first-order valence-corrected chi connectivity index (χ1v) is 9.00. The summed E-state index contributed by atoms with van der Waals surface area (Å²) in [6.07, 6.45) is 3.30. The number of ether oxygens (including phenoxy) is 1. The summed E-state index contributed by atoms with van der Waals surface area (Å²) in [5, 5.41) is 2.86. The van der Waals surface area contributed by atoms with E-state index >= 15 is 0 Å². The molecular weight excluding hydrogens is 342 g/mol. The summed E-state index contributed by atoms with van der Waals surface area (Å²) in [7, 11) is 0. The fourth-order valence-electron chi connectivity index (χ4n) is 2.88. The lowest BCUT2D eigenvalue weighted by Crippen LogP contribution is -2.36. The highest BCUT2D eigenvalue weighted by Crippen LogP contribution is 2.11. The number of fused-ring (bicyclic) bond motifs is 1. The van der Waals surface area contributed by atoms with Crippen LogP contribution in [0.1, 0.15) is 18.9 Å². The van der Waals surface area contributed by atoms with Gasteiger partial charge in [0.05, 0.1) is 17.4 Å². The summed E-state index contributed by atoms with van der Waals surface area (Å²) in [4.78, 5) is 28.2. The lowest BCUT2D eigenvalue weighted by atomic mass is 10.1. The Morgan fingerprint density at radius 2 is 1.85 bits per heavy atom. The van der Waals surface area contributed by atoms with E-state index in [0.717, 1.165) is 23.9 Å². The van der Waals surface area contributed by atoms with Crippen LogP contribution < -0.4 is 5.32 Å². The van der Waals surface area contributed by atoms with Crippen molar-refractivity contribution in [3.63, 3.8) is 0 Å². The highest BCUT2D eigenvalue weighted by Gasteiger charge is 2.12. The number of aromatic nitrogens is 2. The van der Waals surface area contributed by atoms with Crippen LogP contribution in [-0.4, -0.2) is 34.1 Å². The van der Waals surface area contributed by atoms with Gasteiger partial charge in [-0.2, -0.15) is 0 Å². The molecule has 1 amide bonds. The highest BCUT2D eigenvalue weighted by molar-refractivity contribution is 5.81. The number of carbonyl (C=O) groups excluding carboxylic acids is 2. The molecule has 0 aliphatic carbocycles. The molecule has 2 aromatic carbocycles. The Morgan fingerprint density at radius 3 is 2.67 bits per heavy atom. The topological polar surface area (TPSA) is 73.2 Å². The number of rotatable bonds is 8. The number of esters is 1. The largest absolute Gasteiger partial charge is 0.454 e. The first kappa shape index (κ1) is 18.6. The van der Waals surface area contributed by atoms with Gasteiger partial charge in [-0.05, 0) is 37.5 Å². The zero-order valence-electron chi connectivity index (χ0n) is 15.3. The second kappa shape index (κ2) is 8.98. The molecule has 1 unspecified atom stereocenters. The van der Waals surface area contributed by atoms with Crippen LogP contribution in [0.5, 0.6) is 0 Å². The monoisotopic (exact) mass is 365 g/mol. The van der Waals surface area contributed by atoms with Crippen molar-refractivity contribution < 1.29 is 14.3 Å². The number of nitrogens with one attached hydrogen (secondary N) is 1. The fraction of sp³-hybridized carbons (Fsp3) is 0.286. The van der Waals surface area contributed by atoms with E-state index in [1.807, 2.05) is 49.4 Å². The zero-order chi connectivity index (χ0) is 19.1. The molecule has 1 atom stereocenters. The molecular formula is C21H23N3O3. The highest BCUT2D eigenvalue weighted by atomic mass is 16.5. The van der Waals surface area contributed by atoms with Crippen molar-refractivity contribution in [2.75, 3.05) is 6.61 Å². The molecule has 27 heavy (non-hydrogen) atoms. The molecule has 1 heterocycles. The molecule has 0 bridgehead atoms. The third-order valence-corrected chi connectivity index (χ3v) is 4.31. The van der Waals surface area contributed by atoms with E-state index in [1.54, 1.807) is 10.9 Å². The molecule has 1 aromatic heterocycles. The SMILES string of the molecule is CC(CCc1ccccc1)NC(=O)COC(=O)Cn1cnc2ccccc21. The summed E-state index contributed by atoms with van der Waals surface area (Å²) in [6, 6.07) is 17.7. The van der Waals surface area contributed by atoms with Crippen molar-refractivity contribution in [2.45, 2.75) is 32.4 Å². The average molecular weight is 365 g/mol. The van der Waals surface area contributed by atoms with Gasteiger partial charge in [0.25, 0.3) is 5.91 Å². The smallest absolute Gasteiger partial charge is 0.326 e. The van der Waals surface area contributed by atoms with Crippen LogP contribution in [0.2, 0.25) is 0 Å². The number of hydrogen-bond donors (Lipinski definition) is 1. The minimum absolute atomic E-state index is 0.00833. The fourth-order valence-corrected chi connectivity index (χ4v) is 2.88. The number of nitrogens with zero attached hydrogens (tertiary/aromatic N) is 2. The Balaban J connectivity index is 1.40. The van der Waals surface area contributed by atoms with Crippen molar-refractivity contribution in [2.24, 2.45) is 0 Å². The van der Waals surface area contributed by atoms with Gasteiger partial charge in [0.15, 0.2) is 6.61 Å². The Morgan fingerprint density at radius 1 is 1.11 bits per heavy atom. The van der Waals surface area contributed by atoms with Gasteiger partial charge < -0.3 is 14.6 Å². The van der Waals surface area contributed by atoms with Crippen molar-refractivity contribution in [3.8, 4) is 0 Å². The van der Waals surface area contributed by atoms with E-state index in [-0.39, 0.29) is 25.1 Å². The first-order chi connectivity index (χ1) is 13.1. The van der Waals surface area contributed by atoms with E-state index in [4.69, 9.17) is 4.74 Å². The van der Waals surface area contributed by atoms with E-state index in [2.05, 4.69) is 22.4 Å². The van der Waals surface area contributed by atoms with Crippen molar-refractivity contribution in [1.82, 2.24) is 14.9 Å². The molecule has 6 heteroatoms. The molecule has 6 nitrogen and oxygen atoms in total. The second-order valence-corrected chi connectivity index (χ2v) is 6.51. The molecule has 0 saturated heterocycles. The minimum Gasteiger partial charge on any atom is -0.454 e. The molecule has 3 aromatic rings. The van der Waals surface area contributed by atoms with Gasteiger partial charge in [0.2, 0.25) is 0 Å². The Kier molecular flexibility index (Phi) is 6.20. The average Bonchev–Trinajstić information content (AvgIpc) is 3.08. The maximum Gasteiger partial charge on any atom is 0.326 e. The summed E-state index contributed by atoms with van der Waals surface area (Å²) < 4.78 is 6.80. The van der Waals surface area contributed by atoms with Crippen LogP contribution >= 0.6 is 0 Å². The van der Waals surface area contributed by atoms with Gasteiger partial charge in [0, 0.05) is 6.04 Å².